The number of carbonyl (C=O) groups is 1. The Labute approximate surface area is 186 Å². The van der Waals surface area contributed by atoms with Crippen LogP contribution in [0.15, 0.2) is 48.5 Å². The first-order valence-electron chi connectivity index (χ1n) is 10.8. The number of nitrogens with zero attached hydrogens (tertiary/aromatic N) is 1. The largest absolute Gasteiger partial charge is 1.00 e. The fraction of sp³-hybridized carbons (Fsp3) is 0.480. The lowest BCUT2D eigenvalue weighted by molar-refractivity contribution is -0.960. The van der Waals surface area contributed by atoms with E-state index in [4.69, 9.17) is 0 Å². The molecule has 2 aromatic rings. The van der Waals surface area contributed by atoms with E-state index in [0.717, 1.165) is 23.9 Å². The summed E-state index contributed by atoms with van der Waals surface area (Å²) in [5, 5.41) is 3.72. The van der Waals surface area contributed by atoms with Gasteiger partial charge in [0.05, 0.1) is 26.1 Å². The normalized spacial score (nSPS) is 16.9. The first-order chi connectivity index (χ1) is 13.6. The number of nitrogens with one attached hydrogen (secondary N) is 1. The summed E-state index contributed by atoms with van der Waals surface area (Å²) in [6.07, 6.45) is 6.88. The number of quaternary nitrogens is 1. The average molecular weight is 459 g/mol. The van der Waals surface area contributed by atoms with Crippen LogP contribution in [0.5, 0.6) is 0 Å². The van der Waals surface area contributed by atoms with E-state index in [1.165, 1.54) is 61.2 Å². The zero-order valence-corrected chi connectivity index (χ0v) is 19.5. The van der Waals surface area contributed by atoms with Crippen molar-refractivity contribution in [3.05, 3.63) is 65.2 Å². The standard InChI is InChI=1S/C25H35N2O.BrH/c1-21-11-10-12-22(2)25(21)26-19-24(15-18-28)27(16-8-3-4-9-17-27)20-23-13-6-5-7-14-23;/h5-7,10-14,18,24,26H,3-4,8-9,15-17,19-20H2,1-2H3;1H/q+1;/p-1. The summed E-state index contributed by atoms with van der Waals surface area (Å²) < 4.78 is 1.03. The van der Waals surface area contributed by atoms with E-state index < -0.39 is 0 Å². The van der Waals surface area contributed by atoms with Crippen molar-refractivity contribution in [3.63, 3.8) is 0 Å². The van der Waals surface area contributed by atoms with Gasteiger partial charge in [0.1, 0.15) is 18.9 Å². The van der Waals surface area contributed by atoms with Crippen LogP contribution in [0.1, 0.15) is 48.8 Å². The number of hydrogen-bond donors (Lipinski definition) is 1. The maximum Gasteiger partial charge on any atom is 0.125 e. The Bertz CT molecular complexity index is 734. The lowest BCUT2D eigenvalue weighted by atomic mass is 10.0. The van der Waals surface area contributed by atoms with Gasteiger partial charge in [-0.05, 0) is 50.7 Å². The molecule has 1 fully saturated rings. The van der Waals surface area contributed by atoms with Gasteiger partial charge < -0.3 is 31.6 Å². The fourth-order valence-electron chi connectivity index (χ4n) is 4.84. The molecule has 3 nitrogen and oxygen atoms in total. The summed E-state index contributed by atoms with van der Waals surface area (Å²) in [5.41, 5.74) is 5.16. The summed E-state index contributed by atoms with van der Waals surface area (Å²) in [5.74, 6) is 0. The molecule has 0 aliphatic carbocycles. The number of aryl methyl sites for hydroxylation is 2. The molecule has 158 valence electrons. The summed E-state index contributed by atoms with van der Waals surface area (Å²) >= 11 is 0. The summed E-state index contributed by atoms with van der Waals surface area (Å²) in [7, 11) is 0. The molecule has 29 heavy (non-hydrogen) atoms. The number of anilines is 1. The average Bonchev–Trinajstić information content (AvgIpc) is 2.94. The molecule has 1 atom stereocenters. The maximum absolute atomic E-state index is 11.6. The predicted molar refractivity (Wildman–Crippen MR) is 117 cm³/mol. The van der Waals surface area contributed by atoms with Crippen molar-refractivity contribution in [1.82, 2.24) is 0 Å². The molecule has 0 bridgehead atoms. The van der Waals surface area contributed by atoms with E-state index in [9.17, 15) is 4.79 Å². The first kappa shape index (κ1) is 23.6. The van der Waals surface area contributed by atoms with Gasteiger partial charge in [0.15, 0.2) is 0 Å². The quantitative estimate of drug-likeness (QED) is 0.485. The second-order valence-electron chi connectivity index (χ2n) is 8.43. The van der Waals surface area contributed by atoms with Crippen LogP contribution in [-0.2, 0) is 11.3 Å². The lowest BCUT2D eigenvalue weighted by Gasteiger charge is -2.44. The second kappa shape index (κ2) is 11.5. The van der Waals surface area contributed by atoms with E-state index >= 15 is 0 Å². The van der Waals surface area contributed by atoms with Gasteiger partial charge in [-0.25, -0.2) is 0 Å². The van der Waals surface area contributed by atoms with Gasteiger partial charge in [-0.2, -0.15) is 0 Å². The minimum absolute atomic E-state index is 0. The van der Waals surface area contributed by atoms with E-state index in [1.54, 1.807) is 0 Å². The van der Waals surface area contributed by atoms with Gasteiger partial charge >= 0.3 is 0 Å². The Kier molecular flexibility index (Phi) is 9.38. The van der Waals surface area contributed by atoms with Crippen molar-refractivity contribution in [3.8, 4) is 0 Å². The van der Waals surface area contributed by atoms with Crippen molar-refractivity contribution in [1.29, 1.82) is 0 Å². The molecular formula is C25H35BrN2O. The van der Waals surface area contributed by atoms with Gasteiger partial charge in [0.25, 0.3) is 0 Å². The van der Waals surface area contributed by atoms with Crippen molar-refractivity contribution < 1.29 is 26.3 Å². The Morgan fingerprint density at radius 1 is 0.931 bits per heavy atom. The molecule has 1 aliphatic heterocycles. The third kappa shape index (κ3) is 6.16. The van der Waals surface area contributed by atoms with E-state index in [0.29, 0.717) is 12.5 Å². The number of para-hydroxylation sites is 1. The topological polar surface area (TPSA) is 29.1 Å². The van der Waals surface area contributed by atoms with Crippen molar-refractivity contribution in [2.45, 2.75) is 58.5 Å². The highest BCUT2D eigenvalue weighted by molar-refractivity contribution is 5.57. The summed E-state index contributed by atoms with van der Waals surface area (Å²) in [4.78, 5) is 11.6. The zero-order valence-electron chi connectivity index (χ0n) is 17.9. The van der Waals surface area contributed by atoms with Crippen molar-refractivity contribution in [2.75, 3.05) is 25.0 Å². The molecule has 0 amide bonds. The number of halogens is 1. The van der Waals surface area contributed by atoms with Crippen LogP contribution in [0.3, 0.4) is 0 Å². The number of hydrogen-bond acceptors (Lipinski definition) is 2. The SMILES string of the molecule is Cc1cccc(C)c1NCC(CC=O)[N+]1(Cc2ccccc2)CCCCCC1.[Br-]. The Morgan fingerprint density at radius 3 is 2.14 bits per heavy atom. The third-order valence-electron chi connectivity index (χ3n) is 6.44. The molecule has 0 radical (unpaired) electrons. The maximum atomic E-state index is 11.6. The molecule has 1 unspecified atom stereocenters. The number of likely N-dealkylation sites (tertiary alicyclic amines) is 1. The van der Waals surface area contributed by atoms with Crippen LogP contribution in [0, 0.1) is 13.8 Å². The van der Waals surface area contributed by atoms with Gasteiger partial charge in [0.2, 0.25) is 0 Å². The number of benzene rings is 2. The van der Waals surface area contributed by atoms with Crippen LogP contribution >= 0.6 is 0 Å². The fourth-order valence-corrected chi connectivity index (χ4v) is 4.84. The Morgan fingerprint density at radius 2 is 1.55 bits per heavy atom. The number of aldehydes is 1. The molecule has 4 heteroatoms. The first-order valence-corrected chi connectivity index (χ1v) is 10.8. The molecule has 1 heterocycles. The Balaban J connectivity index is 0.00000300. The third-order valence-corrected chi connectivity index (χ3v) is 6.44. The zero-order chi connectivity index (χ0) is 19.8. The van der Waals surface area contributed by atoms with Gasteiger partial charge in [-0.1, -0.05) is 48.5 Å². The van der Waals surface area contributed by atoms with Crippen LogP contribution in [-0.4, -0.2) is 36.4 Å². The molecular weight excluding hydrogens is 424 g/mol. The van der Waals surface area contributed by atoms with E-state index in [-0.39, 0.29) is 17.0 Å². The highest BCUT2D eigenvalue weighted by atomic mass is 79.9. The minimum Gasteiger partial charge on any atom is -1.00 e. The number of rotatable bonds is 8. The molecule has 0 saturated carbocycles. The van der Waals surface area contributed by atoms with E-state index in [2.05, 4.69) is 67.7 Å². The molecule has 3 rings (SSSR count). The number of carbonyl (C=O) groups excluding carboxylic acids is 1. The molecule has 1 saturated heterocycles. The smallest absolute Gasteiger partial charge is 0.125 e. The van der Waals surface area contributed by atoms with Crippen molar-refractivity contribution in [2.24, 2.45) is 0 Å². The van der Waals surface area contributed by atoms with Crippen LogP contribution in [0.4, 0.5) is 5.69 Å². The van der Waals surface area contributed by atoms with Gasteiger partial charge in [-0.15, -0.1) is 0 Å². The van der Waals surface area contributed by atoms with E-state index in [1.807, 2.05) is 0 Å². The summed E-state index contributed by atoms with van der Waals surface area (Å²) in [6.45, 7) is 8.52. The molecule has 2 aromatic carbocycles. The van der Waals surface area contributed by atoms with Crippen LogP contribution < -0.4 is 22.3 Å². The lowest BCUT2D eigenvalue weighted by Crippen LogP contribution is -3.00. The van der Waals surface area contributed by atoms with Crippen LogP contribution in [0.25, 0.3) is 0 Å². The Hall–Kier alpha value is -1.65. The van der Waals surface area contributed by atoms with Gasteiger partial charge in [0, 0.05) is 11.3 Å². The predicted octanol–water partition coefficient (Wildman–Crippen LogP) is 2.27. The van der Waals surface area contributed by atoms with Crippen LogP contribution in [0.2, 0.25) is 0 Å². The molecule has 0 aromatic heterocycles. The summed E-state index contributed by atoms with van der Waals surface area (Å²) in [6, 6.07) is 17.5. The molecule has 1 aliphatic rings. The van der Waals surface area contributed by atoms with Crippen molar-refractivity contribution >= 4 is 12.0 Å². The highest BCUT2D eigenvalue weighted by Gasteiger charge is 2.37. The monoisotopic (exact) mass is 458 g/mol. The molecule has 1 N–H and O–H groups in total. The second-order valence-corrected chi connectivity index (χ2v) is 8.43. The van der Waals surface area contributed by atoms with Gasteiger partial charge in [-0.3, -0.25) is 0 Å². The highest BCUT2D eigenvalue weighted by Crippen LogP contribution is 2.28. The minimum atomic E-state index is 0. The molecule has 0 spiro atoms.